The van der Waals surface area contributed by atoms with Gasteiger partial charge in [-0.25, -0.2) is 0 Å². The van der Waals surface area contributed by atoms with Gasteiger partial charge in [-0.1, -0.05) is 6.07 Å². The molecule has 1 fully saturated rings. The summed E-state index contributed by atoms with van der Waals surface area (Å²) in [6.45, 7) is 2.70. The third kappa shape index (κ3) is 2.37. The molecule has 1 atom stereocenters. The van der Waals surface area contributed by atoms with E-state index in [1.807, 2.05) is 23.1 Å². The molecule has 0 spiro atoms. The first-order valence-corrected chi connectivity index (χ1v) is 5.31. The molecule has 0 aromatic carbocycles. The molecule has 1 saturated heterocycles. The molecule has 1 aliphatic rings. The molecule has 1 amide bonds. The summed E-state index contributed by atoms with van der Waals surface area (Å²) in [6.07, 6.45) is 1.67. The van der Waals surface area contributed by atoms with Crippen molar-refractivity contribution in [3.63, 3.8) is 0 Å². The highest BCUT2D eigenvalue weighted by Gasteiger charge is 2.27. The molecule has 5 nitrogen and oxygen atoms in total. The number of hydrogen-bond acceptors (Lipinski definition) is 4. The molecular formula is C11H15N3O2. The maximum Gasteiger partial charge on any atom is 0.241 e. The third-order valence-electron chi connectivity index (χ3n) is 2.65. The Labute approximate surface area is 94.2 Å². The van der Waals surface area contributed by atoms with E-state index in [4.69, 9.17) is 10.5 Å². The number of morpholine rings is 1. The Morgan fingerprint density at radius 3 is 2.75 bits per heavy atom. The number of ether oxygens (including phenoxy) is 1. The van der Waals surface area contributed by atoms with E-state index in [1.54, 1.807) is 6.20 Å². The van der Waals surface area contributed by atoms with Crippen LogP contribution in [-0.4, -0.2) is 42.1 Å². The van der Waals surface area contributed by atoms with E-state index in [1.165, 1.54) is 0 Å². The summed E-state index contributed by atoms with van der Waals surface area (Å²) in [5.74, 6) is -0.361. The minimum Gasteiger partial charge on any atom is -0.379 e. The molecule has 2 heterocycles. The van der Waals surface area contributed by atoms with Gasteiger partial charge in [-0.15, -0.1) is 0 Å². The highest BCUT2D eigenvalue weighted by atomic mass is 16.5. The average molecular weight is 221 g/mol. The predicted octanol–water partition coefficient (Wildman–Crippen LogP) is -0.0598. The molecule has 0 unspecified atom stereocenters. The summed E-state index contributed by atoms with van der Waals surface area (Å²) in [6, 6.07) is 5.06. The highest BCUT2D eigenvalue weighted by Crippen LogP contribution is 2.19. The van der Waals surface area contributed by atoms with Crippen molar-refractivity contribution in [3.8, 4) is 0 Å². The molecule has 2 rings (SSSR count). The number of nitrogens with zero attached hydrogens (tertiary/aromatic N) is 2. The van der Waals surface area contributed by atoms with Crippen LogP contribution in [0.2, 0.25) is 0 Å². The normalized spacial score (nSPS) is 19.2. The minimum atomic E-state index is -0.440. The lowest BCUT2D eigenvalue weighted by Gasteiger charge is -2.32. The van der Waals surface area contributed by atoms with Gasteiger partial charge in [0.25, 0.3) is 0 Å². The third-order valence-corrected chi connectivity index (χ3v) is 2.65. The number of aromatic nitrogens is 1. The zero-order valence-corrected chi connectivity index (χ0v) is 9.00. The molecule has 5 heteroatoms. The molecule has 2 N–H and O–H groups in total. The van der Waals surface area contributed by atoms with Gasteiger partial charge in [0.05, 0.1) is 18.9 Å². The molecule has 0 aliphatic carbocycles. The van der Waals surface area contributed by atoms with E-state index in [-0.39, 0.29) is 5.91 Å². The average Bonchev–Trinajstić information content (AvgIpc) is 2.31. The van der Waals surface area contributed by atoms with Crippen molar-refractivity contribution in [3.05, 3.63) is 30.1 Å². The van der Waals surface area contributed by atoms with Crippen LogP contribution in [0.5, 0.6) is 0 Å². The van der Waals surface area contributed by atoms with Crippen molar-refractivity contribution in [1.82, 2.24) is 9.88 Å². The van der Waals surface area contributed by atoms with Gasteiger partial charge in [0.2, 0.25) is 5.91 Å². The predicted molar refractivity (Wildman–Crippen MR) is 58.6 cm³/mol. The Morgan fingerprint density at radius 2 is 2.19 bits per heavy atom. The smallest absolute Gasteiger partial charge is 0.241 e. The quantitative estimate of drug-likeness (QED) is 0.776. The van der Waals surface area contributed by atoms with Crippen LogP contribution in [0.1, 0.15) is 11.7 Å². The van der Waals surface area contributed by atoms with E-state index in [2.05, 4.69) is 4.98 Å². The van der Waals surface area contributed by atoms with Gasteiger partial charge in [-0.05, 0) is 12.1 Å². The maximum absolute atomic E-state index is 11.5. The van der Waals surface area contributed by atoms with Gasteiger partial charge < -0.3 is 10.5 Å². The molecule has 16 heavy (non-hydrogen) atoms. The first-order chi connectivity index (χ1) is 7.79. The summed E-state index contributed by atoms with van der Waals surface area (Å²) >= 11 is 0. The molecular weight excluding hydrogens is 206 g/mol. The first kappa shape index (κ1) is 11.0. The largest absolute Gasteiger partial charge is 0.379 e. The van der Waals surface area contributed by atoms with Gasteiger partial charge in [-0.2, -0.15) is 0 Å². The van der Waals surface area contributed by atoms with E-state index in [9.17, 15) is 4.79 Å². The Balaban J connectivity index is 2.20. The van der Waals surface area contributed by atoms with Gasteiger partial charge in [-0.3, -0.25) is 14.7 Å². The zero-order valence-electron chi connectivity index (χ0n) is 9.00. The van der Waals surface area contributed by atoms with Gasteiger partial charge in [0.15, 0.2) is 0 Å². The highest BCUT2D eigenvalue weighted by molar-refractivity contribution is 5.80. The number of carbonyl (C=O) groups excluding carboxylic acids is 1. The fraction of sp³-hybridized carbons (Fsp3) is 0.455. The van der Waals surface area contributed by atoms with Crippen molar-refractivity contribution in [2.75, 3.05) is 26.3 Å². The standard InChI is InChI=1S/C11H15N3O2/c12-11(15)10(9-3-1-2-4-13-9)14-5-7-16-8-6-14/h1-4,10H,5-8H2,(H2,12,15)/t10-/m1/s1. The monoisotopic (exact) mass is 221 g/mol. The minimum absolute atomic E-state index is 0.361. The van der Waals surface area contributed by atoms with Crippen molar-refractivity contribution >= 4 is 5.91 Å². The summed E-state index contributed by atoms with van der Waals surface area (Å²) in [5.41, 5.74) is 6.14. The lowest BCUT2D eigenvalue weighted by atomic mass is 10.1. The Hall–Kier alpha value is -1.46. The zero-order chi connectivity index (χ0) is 11.4. The van der Waals surface area contributed by atoms with Crippen LogP contribution in [0.25, 0.3) is 0 Å². The van der Waals surface area contributed by atoms with Gasteiger partial charge >= 0.3 is 0 Å². The first-order valence-electron chi connectivity index (χ1n) is 5.31. The fourth-order valence-electron chi connectivity index (χ4n) is 1.89. The second kappa shape index (κ2) is 5.05. The van der Waals surface area contributed by atoms with Crippen molar-refractivity contribution < 1.29 is 9.53 Å². The van der Waals surface area contributed by atoms with Gasteiger partial charge in [0, 0.05) is 19.3 Å². The SMILES string of the molecule is NC(=O)[C@@H](c1ccccn1)N1CCOCC1. The number of pyridine rings is 1. The number of amides is 1. The molecule has 0 bridgehead atoms. The van der Waals surface area contributed by atoms with E-state index < -0.39 is 6.04 Å². The molecule has 0 radical (unpaired) electrons. The number of primary amides is 1. The van der Waals surface area contributed by atoms with Gasteiger partial charge in [0.1, 0.15) is 6.04 Å². The van der Waals surface area contributed by atoms with E-state index in [0.717, 1.165) is 0 Å². The van der Waals surface area contributed by atoms with Crippen LogP contribution in [0.4, 0.5) is 0 Å². The lowest BCUT2D eigenvalue weighted by molar-refractivity contribution is -0.125. The van der Waals surface area contributed by atoms with E-state index >= 15 is 0 Å². The van der Waals surface area contributed by atoms with Crippen LogP contribution in [-0.2, 0) is 9.53 Å². The maximum atomic E-state index is 11.5. The molecule has 1 aromatic rings. The number of rotatable bonds is 3. The van der Waals surface area contributed by atoms with Crippen molar-refractivity contribution in [2.45, 2.75) is 6.04 Å². The Kier molecular flexibility index (Phi) is 3.48. The second-order valence-electron chi connectivity index (χ2n) is 3.71. The number of nitrogens with two attached hydrogens (primary N) is 1. The topological polar surface area (TPSA) is 68.5 Å². The van der Waals surface area contributed by atoms with Crippen molar-refractivity contribution in [1.29, 1.82) is 0 Å². The molecule has 0 saturated carbocycles. The second-order valence-corrected chi connectivity index (χ2v) is 3.71. The summed E-state index contributed by atoms with van der Waals surface area (Å²) in [5, 5.41) is 0. The molecule has 1 aliphatic heterocycles. The number of hydrogen-bond donors (Lipinski definition) is 1. The van der Waals surface area contributed by atoms with Crippen molar-refractivity contribution in [2.24, 2.45) is 5.73 Å². The summed E-state index contributed by atoms with van der Waals surface area (Å²) < 4.78 is 5.25. The van der Waals surface area contributed by atoms with Crippen LogP contribution in [0, 0.1) is 0 Å². The van der Waals surface area contributed by atoms with E-state index in [0.29, 0.717) is 32.0 Å². The Bertz CT molecular complexity index is 350. The lowest BCUT2D eigenvalue weighted by Crippen LogP contribution is -2.44. The van der Waals surface area contributed by atoms with Crippen LogP contribution < -0.4 is 5.73 Å². The summed E-state index contributed by atoms with van der Waals surface area (Å²) in [7, 11) is 0. The summed E-state index contributed by atoms with van der Waals surface area (Å²) in [4.78, 5) is 17.7. The van der Waals surface area contributed by atoms with Crippen LogP contribution in [0.3, 0.4) is 0 Å². The Morgan fingerprint density at radius 1 is 1.44 bits per heavy atom. The molecule has 86 valence electrons. The molecule has 1 aromatic heterocycles. The van der Waals surface area contributed by atoms with Crippen LogP contribution in [0.15, 0.2) is 24.4 Å². The number of carbonyl (C=O) groups is 1. The van der Waals surface area contributed by atoms with Crippen LogP contribution >= 0.6 is 0 Å². The fourth-order valence-corrected chi connectivity index (χ4v) is 1.89.